The van der Waals surface area contributed by atoms with Gasteiger partial charge < -0.3 is 4.74 Å². The maximum absolute atomic E-state index is 13.8. The van der Waals surface area contributed by atoms with Crippen molar-refractivity contribution in [2.24, 2.45) is 0 Å². The van der Waals surface area contributed by atoms with Crippen LogP contribution in [0.5, 0.6) is 5.75 Å². The summed E-state index contributed by atoms with van der Waals surface area (Å²) < 4.78 is 7.01. The van der Waals surface area contributed by atoms with Crippen molar-refractivity contribution in [2.75, 3.05) is 7.11 Å². The van der Waals surface area contributed by atoms with Crippen LogP contribution in [0.1, 0.15) is 28.8 Å². The van der Waals surface area contributed by atoms with E-state index in [0.717, 1.165) is 46.5 Å². The van der Waals surface area contributed by atoms with Gasteiger partial charge in [-0.25, -0.2) is 4.98 Å². The first kappa shape index (κ1) is 21.8. The molecule has 0 fully saturated rings. The van der Waals surface area contributed by atoms with E-state index in [1.165, 1.54) is 28.6 Å². The predicted octanol–water partition coefficient (Wildman–Crippen LogP) is 6.93. The molecule has 0 radical (unpaired) electrons. The van der Waals surface area contributed by atoms with E-state index in [4.69, 9.17) is 32.9 Å². The molecule has 8 heteroatoms. The van der Waals surface area contributed by atoms with Crippen molar-refractivity contribution in [1.82, 2.24) is 9.55 Å². The maximum Gasteiger partial charge on any atom is 0.267 e. The Morgan fingerprint density at radius 1 is 1.12 bits per heavy atom. The Hall–Kier alpha value is -1.99. The van der Waals surface area contributed by atoms with Crippen molar-refractivity contribution < 1.29 is 4.74 Å². The van der Waals surface area contributed by atoms with Crippen molar-refractivity contribution in [3.63, 3.8) is 0 Å². The second-order valence-electron chi connectivity index (χ2n) is 7.65. The van der Waals surface area contributed by atoms with Gasteiger partial charge in [-0.1, -0.05) is 41.0 Å². The molecule has 0 saturated heterocycles. The van der Waals surface area contributed by atoms with E-state index in [1.807, 2.05) is 36.4 Å². The fourth-order valence-corrected chi connectivity index (χ4v) is 6.90. The van der Waals surface area contributed by atoms with E-state index in [0.29, 0.717) is 21.0 Å². The van der Waals surface area contributed by atoms with Gasteiger partial charge >= 0.3 is 0 Å². The molecule has 2 aromatic heterocycles. The predicted molar refractivity (Wildman–Crippen MR) is 134 cm³/mol. The number of nitrogens with zero attached hydrogens (tertiary/aromatic N) is 2. The van der Waals surface area contributed by atoms with E-state index in [9.17, 15) is 4.79 Å². The zero-order chi connectivity index (χ0) is 22.2. The summed E-state index contributed by atoms with van der Waals surface area (Å²) in [7, 11) is 1.63. The lowest BCUT2D eigenvalue weighted by molar-refractivity contribution is 0.414. The normalized spacial score (nSPS) is 13.3. The molecule has 0 N–H and O–H groups in total. The average Bonchev–Trinajstić information content (AvgIpc) is 3.17. The molecule has 1 aliphatic rings. The number of ether oxygens (including phenoxy) is 1. The second kappa shape index (κ2) is 9.10. The molecular formula is C24H20Cl2N2O2S2. The first-order chi connectivity index (χ1) is 15.5. The van der Waals surface area contributed by atoms with Crippen molar-refractivity contribution in [3.8, 4) is 11.4 Å². The second-order valence-corrected chi connectivity index (χ2v) is 10.5. The van der Waals surface area contributed by atoms with Crippen LogP contribution in [0.2, 0.25) is 10.0 Å². The number of aromatic nitrogens is 2. The molecule has 32 heavy (non-hydrogen) atoms. The maximum atomic E-state index is 13.8. The van der Waals surface area contributed by atoms with Gasteiger partial charge in [0.15, 0.2) is 5.16 Å². The van der Waals surface area contributed by atoms with Crippen LogP contribution < -0.4 is 10.3 Å². The summed E-state index contributed by atoms with van der Waals surface area (Å²) >= 11 is 15.6. The summed E-state index contributed by atoms with van der Waals surface area (Å²) in [6, 6.07) is 13.0. The number of hydrogen-bond donors (Lipinski definition) is 0. The average molecular weight is 503 g/mol. The Kier molecular flexibility index (Phi) is 6.21. The van der Waals surface area contributed by atoms with E-state index >= 15 is 0 Å². The topological polar surface area (TPSA) is 44.1 Å². The first-order valence-corrected chi connectivity index (χ1v) is 12.9. The van der Waals surface area contributed by atoms with Gasteiger partial charge in [-0.2, -0.15) is 0 Å². The summed E-state index contributed by atoms with van der Waals surface area (Å²) in [6.45, 7) is 0. The van der Waals surface area contributed by atoms with Crippen LogP contribution >= 0.6 is 46.3 Å². The molecule has 0 unspecified atom stereocenters. The van der Waals surface area contributed by atoms with Crippen molar-refractivity contribution in [1.29, 1.82) is 0 Å². The number of thioether (sulfide) groups is 1. The summed E-state index contributed by atoms with van der Waals surface area (Å²) in [4.78, 5) is 20.9. The number of halogens is 2. The number of hydrogen-bond acceptors (Lipinski definition) is 5. The van der Waals surface area contributed by atoms with E-state index in [1.54, 1.807) is 29.1 Å². The van der Waals surface area contributed by atoms with Crippen LogP contribution in [0.4, 0.5) is 0 Å². The molecular weight excluding hydrogens is 483 g/mol. The Labute approximate surface area is 204 Å². The number of methoxy groups -OCH3 is 1. The summed E-state index contributed by atoms with van der Waals surface area (Å²) in [6.07, 6.45) is 4.26. The molecule has 0 saturated carbocycles. The first-order valence-electron chi connectivity index (χ1n) is 10.3. The lowest BCUT2D eigenvalue weighted by Crippen LogP contribution is -2.22. The molecule has 4 nitrogen and oxygen atoms in total. The van der Waals surface area contributed by atoms with Crippen molar-refractivity contribution in [2.45, 2.75) is 36.6 Å². The monoisotopic (exact) mass is 502 g/mol. The highest BCUT2D eigenvalue weighted by atomic mass is 35.5. The van der Waals surface area contributed by atoms with E-state index < -0.39 is 0 Å². The lowest BCUT2D eigenvalue weighted by atomic mass is 9.97. The minimum atomic E-state index is -0.00994. The Balaban J connectivity index is 1.64. The van der Waals surface area contributed by atoms with Crippen LogP contribution in [0.25, 0.3) is 15.9 Å². The Morgan fingerprint density at radius 3 is 2.66 bits per heavy atom. The lowest BCUT2D eigenvalue weighted by Gasteiger charge is -2.14. The number of fused-ring (bicyclic) bond motifs is 3. The van der Waals surface area contributed by atoms with Crippen LogP contribution in [0, 0.1) is 0 Å². The number of rotatable bonds is 5. The Bertz CT molecular complexity index is 1360. The quantitative estimate of drug-likeness (QED) is 0.219. The van der Waals surface area contributed by atoms with Crippen LogP contribution in [-0.4, -0.2) is 16.7 Å². The molecule has 0 spiro atoms. The van der Waals surface area contributed by atoms with Gasteiger partial charge in [-0.05, 0) is 73.2 Å². The molecule has 0 atom stereocenters. The van der Waals surface area contributed by atoms with Gasteiger partial charge in [0.05, 0.1) is 18.2 Å². The third-order valence-electron chi connectivity index (χ3n) is 5.66. The molecule has 2 aromatic carbocycles. The zero-order valence-electron chi connectivity index (χ0n) is 17.4. The van der Waals surface area contributed by atoms with Crippen molar-refractivity contribution in [3.05, 3.63) is 78.9 Å². The minimum Gasteiger partial charge on any atom is -0.497 e. The molecule has 5 rings (SSSR count). The molecule has 0 bridgehead atoms. The van der Waals surface area contributed by atoms with Gasteiger partial charge in [0.2, 0.25) is 0 Å². The molecule has 4 aromatic rings. The number of aryl methyl sites for hydroxylation is 2. The van der Waals surface area contributed by atoms with Crippen LogP contribution in [0.3, 0.4) is 0 Å². The molecule has 164 valence electrons. The third kappa shape index (κ3) is 4.05. The van der Waals surface area contributed by atoms with E-state index in [-0.39, 0.29) is 5.56 Å². The molecule has 0 amide bonds. The fraction of sp³-hybridized carbons (Fsp3) is 0.250. The molecule has 2 heterocycles. The van der Waals surface area contributed by atoms with Crippen molar-refractivity contribution >= 4 is 56.5 Å². The highest BCUT2D eigenvalue weighted by molar-refractivity contribution is 7.98. The molecule has 0 aliphatic heterocycles. The van der Waals surface area contributed by atoms with Gasteiger partial charge in [-0.3, -0.25) is 9.36 Å². The zero-order valence-corrected chi connectivity index (χ0v) is 20.5. The number of benzene rings is 2. The third-order valence-corrected chi connectivity index (χ3v) is 8.42. The van der Waals surface area contributed by atoms with Gasteiger partial charge in [0.1, 0.15) is 10.6 Å². The smallest absolute Gasteiger partial charge is 0.267 e. The van der Waals surface area contributed by atoms with E-state index in [2.05, 4.69) is 0 Å². The van der Waals surface area contributed by atoms with Gasteiger partial charge in [0.25, 0.3) is 5.56 Å². The SMILES string of the molecule is COc1ccc(-n2c(SCc3ccc(Cl)cc3Cl)nc3sc4c(c3c2=O)CCCC4)cc1. The van der Waals surface area contributed by atoms with Crippen LogP contribution in [-0.2, 0) is 18.6 Å². The Morgan fingerprint density at radius 2 is 1.91 bits per heavy atom. The number of thiophene rings is 1. The summed E-state index contributed by atoms with van der Waals surface area (Å²) in [5.41, 5.74) is 2.89. The van der Waals surface area contributed by atoms with Gasteiger partial charge in [-0.15, -0.1) is 11.3 Å². The minimum absolute atomic E-state index is 0.00994. The summed E-state index contributed by atoms with van der Waals surface area (Å²) in [5, 5.41) is 2.63. The standard InChI is InChI=1S/C24H20Cl2N2O2S2/c1-30-17-10-8-16(9-11-17)28-23(29)21-18-4-2-3-5-20(18)32-22(21)27-24(28)31-13-14-6-7-15(25)12-19(14)26/h6-12H,2-5,13H2,1H3. The highest BCUT2D eigenvalue weighted by Crippen LogP contribution is 2.36. The van der Waals surface area contributed by atoms with Gasteiger partial charge in [0, 0.05) is 20.7 Å². The fourth-order valence-electron chi connectivity index (χ4n) is 4.02. The highest BCUT2D eigenvalue weighted by Gasteiger charge is 2.23. The van der Waals surface area contributed by atoms with Crippen LogP contribution in [0.15, 0.2) is 52.4 Å². The largest absolute Gasteiger partial charge is 0.497 e. The molecule has 1 aliphatic carbocycles. The summed E-state index contributed by atoms with van der Waals surface area (Å²) in [5.74, 6) is 1.32.